The summed E-state index contributed by atoms with van der Waals surface area (Å²) in [6.07, 6.45) is 4.06. The van der Waals surface area contributed by atoms with Gasteiger partial charge in [-0.25, -0.2) is 28.7 Å². The van der Waals surface area contributed by atoms with Crippen molar-refractivity contribution in [1.82, 2.24) is 19.9 Å². The van der Waals surface area contributed by atoms with Gasteiger partial charge in [-0.1, -0.05) is 12.1 Å². The fourth-order valence-electron chi connectivity index (χ4n) is 3.22. The summed E-state index contributed by atoms with van der Waals surface area (Å²) in [6.45, 7) is 1.64. The van der Waals surface area contributed by atoms with Gasteiger partial charge >= 0.3 is 0 Å². The topological polar surface area (TPSA) is 113 Å². The molecule has 4 aromatic rings. The van der Waals surface area contributed by atoms with E-state index in [1.807, 2.05) is 6.07 Å². The number of nitrogens with one attached hydrogen (secondary N) is 2. The van der Waals surface area contributed by atoms with Gasteiger partial charge in [-0.15, -0.1) is 0 Å². The summed E-state index contributed by atoms with van der Waals surface area (Å²) in [4.78, 5) is 16.8. The van der Waals surface area contributed by atoms with Gasteiger partial charge in [-0.2, -0.15) is 0 Å². The van der Waals surface area contributed by atoms with Gasteiger partial charge < -0.3 is 16.5 Å². The van der Waals surface area contributed by atoms with Crippen LogP contribution in [-0.2, 0) is 0 Å². The van der Waals surface area contributed by atoms with Crippen LogP contribution in [0.25, 0.3) is 22.2 Å². The smallest absolute Gasteiger partial charge is 0.223 e. The predicted molar refractivity (Wildman–Crippen MR) is 111 cm³/mol. The molecule has 0 aliphatic heterocycles. The molecule has 0 aliphatic rings. The van der Waals surface area contributed by atoms with Crippen molar-refractivity contribution >= 4 is 28.9 Å². The van der Waals surface area contributed by atoms with Gasteiger partial charge in [0.2, 0.25) is 5.95 Å². The molecular weight excluding hydrogens is 388 g/mol. The van der Waals surface area contributed by atoms with E-state index in [-0.39, 0.29) is 17.3 Å². The average molecular weight is 405 g/mol. The van der Waals surface area contributed by atoms with Crippen LogP contribution in [0.1, 0.15) is 24.1 Å². The minimum Gasteiger partial charge on any atom is -0.383 e. The molecule has 0 bridgehead atoms. The van der Waals surface area contributed by atoms with Crippen LogP contribution in [0.3, 0.4) is 0 Å². The van der Waals surface area contributed by atoms with Gasteiger partial charge in [0.05, 0.1) is 22.8 Å². The van der Waals surface area contributed by atoms with Crippen LogP contribution in [0.5, 0.6) is 0 Å². The number of nitrogen functional groups attached to an aromatic ring is 1. The van der Waals surface area contributed by atoms with Gasteiger partial charge in [-0.05, 0) is 31.2 Å². The number of anilines is 2. The van der Waals surface area contributed by atoms with E-state index in [1.54, 1.807) is 25.3 Å². The number of halogens is 2. The molecule has 0 unspecified atom stereocenters. The fraction of sp³-hybridized carbons (Fsp3) is 0.0952. The van der Waals surface area contributed by atoms with E-state index >= 15 is 0 Å². The van der Waals surface area contributed by atoms with Gasteiger partial charge in [0, 0.05) is 28.9 Å². The van der Waals surface area contributed by atoms with E-state index in [0.29, 0.717) is 16.8 Å². The summed E-state index contributed by atoms with van der Waals surface area (Å²) in [5.41, 5.74) is 8.09. The molecule has 1 atom stereocenters. The Hall–Kier alpha value is -4.01. The first-order valence-corrected chi connectivity index (χ1v) is 9.06. The third-order valence-corrected chi connectivity index (χ3v) is 4.69. The predicted octanol–water partition coefficient (Wildman–Crippen LogP) is 4.12. The van der Waals surface area contributed by atoms with Crippen LogP contribution in [-0.4, -0.2) is 26.2 Å². The zero-order valence-electron chi connectivity index (χ0n) is 15.9. The lowest BCUT2D eigenvalue weighted by Crippen LogP contribution is -2.12. The van der Waals surface area contributed by atoms with Gasteiger partial charge in [0.1, 0.15) is 23.8 Å². The molecule has 7 nitrogen and oxygen atoms in total. The maximum atomic E-state index is 14.0. The number of aromatic nitrogens is 4. The Balaban J connectivity index is 1.66. The molecule has 0 amide bonds. The second-order valence-electron chi connectivity index (χ2n) is 6.63. The molecule has 2 aromatic heterocycles. The SMILES string of the molecule is C[C@@H](Nc1ncc2cc(-c3ncnc(N)c3C=N)ccc2n1)c1c(F)cccc1F. The number of fused-ring (bicyclic) bond motifs is 1. The van der Waals surface area contributed by atoms with Crippen LogP contribution in [0.4, 0.5) is 20.5 Å². The number of nitrogens with zero attached hydrogens (tertiary/aromatic N) is 4. The van der Waals surface area contributed by atoms with Crippen molar-refractivity contribution in [1.29, 1.82) is 5.41 Å². The molecular formula is C21H17F2N7. The number of rotatable bonds is 5. The highest BCUT2D eigenvalue weighted by atomic mass is 19.1. The first kappa shape index (κ1) is 19.3. The lowest BCUT2D eigenvalue weighted by Gasteiger charge is -2.16. The minimum atomic E-state index is -0.665. The van der Waals surface area contributed by atoms with Crippen LogP contribution >= 0.6 is 0 Å². The molecule has 9 heteroatoms. The fourth-order valence-corrected chi connectivity index (χ4v) is 3.22. The molecule has 30 heavy (non-hydrogen) atoms. The van der Waals surface area contributed by atoms with Crippen molar-refractivity contribution < 1.29 is 8.78 Å². The molecule has 4 rings (SSSR count). The highest BCUT2D eigenvalue weighted by Crippen LogP contribution is 2.27. The second-order valence-corrected chi connectivity index (χ2v) is 6.63. The Morgan fingerprint density at radius 2 is 1.87 bits per heavy atom. The van der Waals surface area contributed by atoms with Crippen LogP contribution < -0.4 is 11.1 Å². The normalized spacial score (nSPS) is 12.0. The van der Waals surface area contributed by atoms with Crippen LogP contribution in [0.15, 0.2) is 48.9 Å². The lowest BCUT2D eigenvalue weighted by molar-refractivity contribution is 0.543. The van der Waals surface area contributed by atoms with Gasteiger partial charge in [0.25, 0.3) is 0 Å². The van der Waals surface area contributed by atoms with E-state index < -0.39 is 17.7 Å². The molecule has 0 radical (unpaired) electrons. The van der Waals surface area contributed by atoms with E-state index in [1.165, 1.54) is 24.5 Å². The van der Waals surface area contributed by atoms with Crippen molar-refractivity contribution in [2.45, 2.75) is 13.0 Å². The number of nitrogens with two attached hydrogens (primary N) is 1. The maximum Gasteiger partial charge on any atom is 0.223 e. The Kier molecular flexibility index (Phi) is 5.01. The number of hydrogen-bond donors (Lipinski definition) is 3. The molecule has 150 valence electrons. The standard InChI is InChI=1S/C21H17F2N7/c1-11(18-15(22)3-2-4-16(18)23)29-21-26-9-13-7-12(5-6-17(13)30-21)19-14(8-24)20(25)28-10-27-19/h2-11,24H,1H3,(H2,25,27,28)(H,26,29,30)/t11-/m1/s1. The van der Waals surface area contributed by atoms with Crippen molar-refractivity contribution in [2.24, 2.45) is 0 Å². The Bertz CT molecular complexity index is 1240. The third-order valence-electron chi connectivity index (χ3n) is 4.69. The Labute approximate surface area is 170 Å². The minimum absolute atomic E-state index is 0.0722. The Morgan fingerprint density at radius 3 is 2.60 bits per heavy atom. The zero-order valence-corrected chi connectivity index (χ0v) is 15.9. The van der Waals surface area contributed by atoms with E-state index in [0.717, 1.165) is 17.2 Å². The monoisotopic (exact) mass is 405 g/mol. The van der Waals surface area contributed by atoms with Crippen molar-refractivity contribution in [3.05, 3.63) is 71.7 Å². The van der Waals surface area contributed by atoms with E-state index in [9.17, 15) is 8.78 Å². The zero-order chi connectivity index (χ0) is 21.3. The van der Waals surface area contributed by atoms with Crippen molar-refractivity contribution in [2.75, 3.05) is 11.1 Å². The number of hydrogen-bond acceptors (Lipinski definition) is 7. The van der Waals surface area contributed by atoms with Gasteiger partial charge in [-0.3, -0.25) is 0 Å². The highest BCUT2D eigenvalue weighted by Gasteiger charge is 2.17. The van der Waals surface area contributed by atoms with E-state index in [2.05, 4.69) is 25.3 Å². The lowest BCUT2D eigenvalue weighted by atomic mass is 10.0. The maximum absolute atomic E-state index is 14.0. The molecule has 0 aliphatic carbocycles. The third kappa shape index (κ3) is 3.52. The molecule has 2 heterocycles. The first-order valence-electron chi connectivity index (χ1n) is 9.06. The molecule has 0 spiro atoms. The molecule has 0 fully saturated rings. The summed E-state index contributed by atoms with van der Waals surface area (Å²) >= 11 is 0. The summed E-state index contributed by atoms with van der Waals surface area (Å²) < 4.78 is 28.0. The van der Waals surface area contributed by atoms with E-state index in [4.69, 9.17) is 11.1 Å². The molecule has 2 aromatic carbocycles. The average Bonchev–Trinajstić information content (AvgIpc) is 2.73. The number of benzene rings is 2. The molecule has 0 saturated heterocycles. The summed E-state index contributed by atoms with van der Waals surface area (Å²) in [5.74, 6) is -0.796. The Morgan fingerprint density at radius 1 is 1.10 bits per heavy atom. The summed E-state index contributed by atoms with van der Waals surface area (Å²) in [5, 5.41) is 11.2. The van der Waals surface area contributed by atoms with Crippen molar-refractivity contribution in [3.8, 4) is 11.3 Å². The molecule has 0 saturated carbocycles. The highest BCUT2D eigenvalue weighted by molar-refractivity contribution is 5.94. The van der Waals surface area contributed by atoms with Gasteiger partial charge in [0.15, 0.2) is 0 Å². The van der Waals surface area contributed by atoms with Crippen LogP contribution in [0, 0.1) is 17.0 Å². The summed E-state index contributed by atoms with van der Waals surface area (Å²) in [6, 6.07) is 8.48. The first-order chi connectivity index (χ1) is 14.5. The quantitative estimate of drug-likeness (QED) is 0.431. The van der Waals surface area contributed by atoms with Crippen molar-refractivity contribution in [3.63, 3.8) is 0 Å². The second kappa shape index (κ2) is 7.78. The largest absolute Gasteiger partial charge is 0.383 e. The molecule has 4 N–H and O–H groups in total. The summed E-state index contributed by atoms with van der Waals surface area (Å²) in [7, 11) is 0. The van der Waals surface area contributed by atoms with Crippen LogP contribution in [0.2, 0.25) is 0 Å².